The molecule has 0 saturated carbocycles. The molecule has 3 nitrogen and oxygen atoms in total. The lowest BCUT2D eigenvalue weighted by Crippen LogP contribution is -2.30. The van der Waals surface area contributed by atoms with E-state index in [4.69, 9.17) is 10.5 Å². The van der Waals surface area contributed by atoms with Gasteiger partial charge in [0, 0.05) is 24.7 Å². The second kappa shape index (κ2) is 6.62. The predicted molar refractivity (Wildman–Crippen MR) is 72.1 cm³/mol. The van der Waals surface area contributed by atoms with Gasteiger partial charge in [-0.3, -0.25) is 4.90 Å². The maximum Gasteiger partial charge on any atom is 0.123 e. The highest BCUT2D eigenvalue weighted by molar-refractivity contribution is 5.37. The highest BCUT2D eigenvalue weighted by Crippen LogP contribution is 2.22. The van der Waals surface area contributed by atoms with Crippen LogP contribution in [0.15, 0.2) is 18.2 Å². The minimum Gasteiger partial charge on any atom is -0.496 e. The van der Waals surface area contributed by atoms with Crippen molar-refractivity contribution in [3.63, 3.8) is 0 Å². The normalized spacial score (nSPS) is 11.2. The van der Waals surface area contributed by atoms with Gasteiger partial charge >= 0.3 is 0 Å². The maximum atomic E-state index is 5.68. The monoisotopic (exact) mass is 236 g/mol. The Morgan fingerprint density at radius 1 is 1.35 bits per heavy atom. The van der Waals surface area contributed by atoms with E-state index in [2.05, 4.69) is 31.7 Å². The summed E-state index contributed by atoms with van der Waals surface area (Å²) in [6.07, 6.45) is 0. The number of ether oxygens (including phenoxy) is 1. The molecule has 1 rings (SSSR count). The van der Waals surface area contributed by atoms with Gasteiger partial charge in [-0.05, 0) is 38.1 Å². The van der Waals surface area contributed by atoms with Crippen LogP contribution in [0.5, 0.6) is 5.75 Å². The summed E-state index contributed by atoms with van der Waals surface area (Å²) in [7, 11) is 1.71. The van der Waals surface area contributed by atoms with Crippen molar-refractivity contribution in [2.45, 2.75) is 39.9 Å². The Balaban J connectivity index is 2.93. The first kappa shape index (κ1) is 14.0. The summed E-state index contributed by atoms with van der Waals surface area (Å²) in [4.78, 5) is 2.40. The molecule has 0 saturated heterocycles. The number of benzene rings is 1. The van der Waals surface area contributed by atoms with Crippen molar-refractivity contribution in [1.29, 1.82) is 0 Å². The number of hydrogen-bond acceptors (Lipinski definition) is 3. The minimum absolute atomic E-state index is 0.534. The Bertz CT molecular complexity index is 350. The molecule has 0 aromatic heterocycles. The van der Waals surface area contributed by atoms with Crippen molar-refractivity contribution < 1.29 is 4.74 Å². The summed E-state index contributed by atoms with van der Waals surface area (Å²) in [6.45, 7) is 9.12. The first-order valence-corrected chi connectivity index (χ1v) is 6.22. The van der Waals surface area contributed by atoms with E-state index in [1.165, 1.54) is 5.56 Å². The van der Waals surface area contributed by atoms with Crippen molar-refractivity contribution in [1.82, 2.24) is 4.90 Å². The van der Waals surface area contributed by atoms with Gasteiger partial charge in [0.05, 0.1) is 7.11 Å². The van der Waals surface area contributed by atoms with Gasteiger partial charge < -0.3 is 10.5 Å². The number of nitrogens with zero attached hydrogens (tertiary/aromatic N) is 1. The third-order valence-electron chi connectivity index (χ3n) is 3.09. The van der Waals surface area contributed by atoms with E-state index in [1.807, 2.05) is 12.1 Å². The van der Waals surface area contributed by atoms with Gasteiger partial charge in [0.25, 0.3) is 0 Å². The fourth-order valence-corrected chi connectivity index (χ4v) is 1.96. The van der Waals surface area contributed by atoms with Crippen molar-refractivity contribution in [2.75, 3.05) is 13.7 Å². The lowest BCUT2D eigenvalue weighted by atomic mass is 10.1. The Hall–Kier alpha value is -1.06. The molecule has 1 aromatic carbocycles. The summed E-state index contributed by atoms with van der Waals surface area (Å²) < 4.78 is 5.40. The summed E-state index contributed by atoms with van der Waals surface area (Å²) >= 11 is 0. The zero-order chi connectivity index (χ0) is 12.8. The highest BCUT2D eigenvalue weighted by atomic mass is 16.5. The lowest BCUT2D eigenvalue weighted by Gasteiger charge is -2.25. The van der Waals surface area contributed by atoms with Gasteiger partial charge in [0.15, 0.2) is 0 Å². The summed E-state index contributed by atoms with van der Waals surface area (Å²) in [5.41, 5.74) is 8.05. The Kier molecular flexibility index (Phi) is 5.45. The van der Waals surface area contributed by atoms with Crippen molar-refractivity contribution in [3.8, 4) is 5.75 Å². The number of rotatable bonds is 6. The number of nitrogens with two attached hydrogens (primary N) is 1. The van der Waals surface area contributed by atoms with Crippen molar-refractivity contribution in [2.24, 2.45) is 5.73 Å². The molecular formula is C14H24N2O. The van der Waals surface area contributed by atoms with Crippen LogP contribution in [0.3, 0.4) is 0 Å². The molecule has 0 bridgehead atoms. The third kappa shape index (κ3) is 3.72. The van der Waals surface area contributed by atoms with Crippen LogP contribution in [-0.2, 0) is 13.1 Å². The van der Waals surface area contributed by atoms with Crippen LogP contribution in [0.2, 0.25) is 0 Å². The molecule has 0 aliphatic rings. The molecule has 0 aliphatic heterocycles. The molecule has 0 aliphatic carbocycles. The van der Waals surface area contributed by atoms with E-state index in [0.29, 0.717) is 12.6 Å². The minimum atomic E-state index is 0.534. The average molecular weight is 236 g/mol. The predicted octanol–water partition coefficient (Wildman–Crippen LogP) is 2.38. The van der Waals surface area contributed by atoms with E-state index >= 15 is 0 Å². The fourth-order valence-electron chi connectivity index (χ4n) is 1.96. The quantitative estimate of drug-likeness (QED) is 0.824. The van der Waals surface area contributed by atoms with Gasteiger partial charge in [0.2, 0.25) is 0 Å². The Labute approximate surface area is 105 Å². The van der Waals surface area contributed by atoms with Gasteiger partial charge in [0.1, 0.15) is 5.75 Å². The molecule has 1 aromatic rings. The molecule has 0 unspecified atom stereocenters. The molecule has 3 heteroatoms. The first-order valence-electron chi connectivity index (χ1n) is 6.22. The summed E-state index contributed by atoms with van der Waals surface area (Å²) in [5, 5.41) is 0. The molecule has 0 spiro atoms. The van der Waals surface area contributed by atoms with Gasteiger partial charge in [-0.2, -0.15) is 0 Å². The zero-order valence-electron chi connectivity index (χ0n) is 11.4. The number of hydrogen-bond donors (Lipinski definition) is 1. The number of methoxy groups -OCH3 is 1. The average Bonchev–Trinajstić information content (AvgIpc) is 2.35. The SMILES string of the molecule is CCN(Cc1cc(CN)ccc1OC)C(C)C. The highest BCUT2D eigenvalue weighted by Gasteiger charge is 2.11. The van der Waals surface area contributed by atoms with Crippen LogP contribution < -0.4 is 10.5 Å². The largest absolute Gasteiger partial charge is 0.496 e. The van der Waals surface area contributed by atoms with E-state index in [0.717, 1.165) is 24.4 Å². The van der Waals surface area contributed by atoms with E-state index in [-0.39, 0.29) is 0 Å². The van der Waals surface area contributed by atoms with Gasteiger partial charge in [-0.15, -0.1) is 0 Å². The lowest BCUT2D eigenvalue weighted by molar-refractivity contribution is 0.222. The van der Waals surface area contributed by atoms with E-state index in [9.17, 15) is 0 Å². The van der Waals surface area contributed by atoms with Gasteiger partial charge in [-0.1, -0.05) is 13.0 Å². The molecule has 2 N–H and O–H groups in total. The molecule has 0 amide bonds. The van der Waals surface area contributed by atoms with E-state index < -0.39 is 0 Å². The van der Waals surface area contributed by atoms with Crippen molar-refractivity contribution >= 4 is 0 Å². The Morgan fingerprint density at radius 3 is 2.53 bits per heavy atom. The van der Waals surface area contributed by atoms with E-state index in [1.54, 1.807) is 7.11 Å². The molecule has 0 radical (unpaired) electrons. The fraction of sp³-hybridized carbons (Fsp3) is 0.571. The second-order valence-corrected chi connectivity index (χ2v) is 4.51. The van der Waals surface area contributed by atoms with Crippen LogP contribution in [0.1, 0.15) is 31.9 Å². The van der Waals surface area contributed by atoms with Crippen LogP contribution in [0.25, 0.3) is 0 Å². The smallest absolute Gasteiger partial charge is 0.123 e. The first-order chi connectivity index (χ1) is 8.12. The standard InChI is InChI=1S/C14H24N2O/c1-5-16(11(2)3)10-13-8-12(9-15)6-7-14(13)17-4/h6-8,11H,5,9-10,15H2,1-4H3. The van der Waals surface area contributed by atoms with Crippen LogP contribution >= 0.6 is 0 Å². The van der Waals surface area contributed by atoms with Gasteiger partial charge in [-0.25, -0.2) is 0 Å². The Morgan fingerprint density at radius 2 is 2.06 bits per heavy atom. The topological polar surface area (TPSA) is 38.5 Å². The maximum absolute atomic E-state index is 5.68. The summed E-state index contributed by atoms with van der Waals surface area (Å²) in [5.74, 6) is 0.946. The molecule has 0 atom stereocenters. The second-order valence-electron chi connectivity index (χ2n) is 4.51. The molecule has 17 heavy (non-hydrogen) atoms. The van der Waals surface area contributed by atoms with Crippen molar-refractivity contribution in [3.05, 3.63) is 29.3 Å². The van der Waals surface area contributed by atoms with Crippen LogP contribution in [0.4, 0.5) is 0 Å². The molecule has 0 fully saturated rings. The third-order valence-corrected chi connectivity index (χ3v) is 3.09. The zero-order valence-corrected chi connectivity index (χ0v) is 11.4. The van der Waals surface area contributed by atoms with Crippen LogP contribution in [0, 0.1) is 0 Å². The summed E-state index contributed by atoms with van der Waals surface area (Å²) in [6, 6.07) is 6.70. The molecular weight excluding hydrogens is 212 g/mol. The molecule has 0 heterocycles. The molecule has 96 valence electrons. The van der Waals surface area contributed by atoms with Crippen LogP contribution in [-0.4, -0.2) is 24.6 Å².